The van der Waals surface area contributed by atoms with Gasteiger partial charge in [0, 0.05) is 23.2 Å². The summed E-state index contributed by atoms with van der Waals surface area (Å²) in [5.74, 6) is 0. The van der Waals surface area contributed by atoms with Crippen LogP contribution in [0.15, 0.2) is 21.5 Å². The number of nitrogens with zero attached hydrogens (tertiary/aromatic N) is 2. The van der Waals surface area contributed by atoms with Crippen LogP contribution in [0.4, 0.5) is 5.69 Å². The molecule has 0 aliphatic heterocycles. The largest absolute Gasteiger partial charge is 0.398 e. The zero-order valence-electron chi connectivity index (χ0n) is 11.0. The van der Waals surface area contributed by atoms with Crippen molar-refractivity contribution < 1.29 is 8.42 Å². The number of nitrogens with two attached hydrogens (primary N) is 1. The van der Waals surface area contributed by atoms with Gasteiger partial charge in [-0.15, -0.1) is 0 Å². The average Bonchev–Trinajstić information content (AvgIpc) is 2.32. The van der Waals surface area contributed by atoms with Crippen LogP contribution in [0, 0.1) is 18.3 Å². The molecule has 0 saturated heterocycles. The van der Waals surface area contributed by atoms with E-state index in [0.29, 0.717) is 15.7 Å². The van der Waals surface area contributed by atoms with E-state index in [2.05, 4.69) is 15.9 Å². The SMILES string of the molecule is Cc1c(N)cc(Br)cc1S(=O)(=O)N(C)C(C)CC#N. The van der Waals surface area contributed by atoms with Crippen LogP contribution in [-0.2, 0) is 10.0 Å². The molecule has 0 heterocycles. The van der Waals surface area contributed by atoms with Crippen LogP contribution < -0.4 is 5.73 Å². The maximum Gasteiger partial charge on any atom is 0.243 e. The highest BCUT2D eigenvalue weighted by atomic mass is 79.9. The Bertz CT molecular complexity index is 623. The normalized spacial score (nSPS) is 13.3. The van der Waals surface area contributed by atoms with Gasteiger partial charge in [-0.25, -0.2) is 8.42 Å². The summed E-state index contributed by atoms with van der Waals surface area (Å²) in [6.07, 6.45) is 0.137. The van der Waals surface area contributed by atoms with Gasteiger partial charge in [-0.2, -0.15) is 9.57 Å². The fourth-order valence-electron chi connectivity index (χ4n) is 1.59. The van der Waals surface area contributed by atoms with Crippen molar-refractivity contribution in [1.29, 1.82) is 5.26 Å². The van der Waals surface area contributed by atoms with Gasteiger partial charge < -0.3 is 5.73 Å². The van der Waals surface area contributed by atoms with Gasteiger partial charge in [0.05, 0.1) is 17.4 Å². The lowest BCUT2D eigenvalue weighted by atomic mass is 10.2. The predicted molar refractivity (Wildman–Crippen MR) is 77.9 cm³/mol. The van der Waals surface area contributed by atoms with Crippen molar-refractivity contribution in [2.24, 2.45) is 0 Å². The Hall–Kier alpha value is -1.10. The molecule has 0 aromatic heterocycles. The second kappa shape index (κ2) is 5.90. The van der Waals surface area contributed by atoms with Gasteiger partial charge in [0.2, 0.25) is 10.0 Å². The van der Waals surface area contributed by atoms with Crippen molar-refractivity contribution >= 4 is 31.6 Å². The summed E-state index contributed by atoms with van der Waals surface area (Å²) in [5.41, 5.74) is 6.71. The molecule has 0 aliphatic carbocycles. The van der Waals surface area contributed by atoms with Crippen LogP contribution in [0.25, 0.3) is 0 Å². The average molecular weight is 346 g/mol. The third-order valence-corrected chi connectivity index (χ3v) is 5.59. The van der Waals surface area contributed by atoms with Crippen LogP contribution in [0.5, 0.6) is 0 Å². The molecule has 0 amide bonds. The molecule has 0 fully saturated rings. The second-order valence-corrected chi connectivity index (χ2v) is 7.23. The van der Waals surface area contributed by atoms with E-state index < -0.39 is 16.1 Å². The molecule has 0 radical (unpaired) electrons. The third-order valence-electron chi connectivity index (χ3n) is 3.03. The van der Waals surface area contributed by atoms with E-state index in [4.69, 9.17) is 11.0 Å². The van der Waals surface area contributed by atoms with E-state index in [1.807, 2.05) is 6.07 Å². The lowest BCUT2D eigenvalue weighted by Gasteiger charge is -2.23. The highest BCUT2D eigenvalue weighted by Crippen LogP contribution is 2.29. The fraction of sp³-hybridized carbons (Fsp3) is 0.417. The highest BCUT2D eigenvalue weighted by Gasteiger charge is 2.27. The minimum Gasteiger partial charge on any atom is -0.398 e. The number of halogens is 1. The van der Waals surface area contributed by atoms with Gasteiger partial charge in [-0.05, 0) is 31.5 Å². The van der Waals surface area contributed by atoms with Gasteiger partial charge in [0.15, 0.2) is 0 Å². The van der Waals surface area contributed by atoms with Crippen molar-refractivity contribution in [2.45, 2.75) is 31.2 Å². The molecule has 2 N–H and O–H groups in total. The maximum absolute atomic E-state index is 12.5. The Balaban J connectivity index is 3.33. The van der Waals surface area contributed by atoms with Crippen LogP contribution in [0.1, 0.15) is 18.9 Å². The van der Waals surface area contributed by atoms with Gasteiger partial charge in [0.25, 0.3) is 0 Å². The Morgan fingerprint density at radius 3 is 2.63 bits per heavy atom. The Kier molecular flexibility index (Phi) is 4.96. The zero-order valence-corrected chi connectivity index (χ0v) is 13.4. The molecule has 1 atom stereocenters. The Labute approximate surface area is 122 Å². The molecular weight excluding hydrogens is 330 g/mol. The van der Waals surface area contributed by atoms with Gasteiger partial charge in [-0.1, -0.05) is 15.9 Å². The number of rotatable bonds is 4. The standard InChI is InChI=1S/C12H16BrN3O2S/c1-8(4-5-14)16(3)19(17,18)12-7-10(13)6-11(15)9(12)2/h6-8H,4,15H2,1-3H3. The summed E-state index contributed by atoms with van der Waals surface area (Å²) in [7, 11) is -2.20. The number of nitriles is 1. The summed E-state index contributed by atoms with van der Waals surface area (Å²) in [4.78, 5) is 0.159. The summed E-state index contributed by atoms with van der Waals surface area (Å²) in [6.45, 7) is 3.36. The molecule has 1 aromatic carbocycles. The number of nitrogen functional groups attached to an aromatic ring is 1. The third kappa shape index (κ3) is 3.26. The number of benzene rings is 1. The maximum atomic E-state index is 12.5. The number of hydrogen-bond acceptors (Lipinski definition) is 4. The molecule has 19 heavy (non-hydrogen) atoms. The van der Waals surface area contributed by atoms with Crippen LogP contribution in [-0.4, -0.2) is 25.8 Å². The van der Waals surface area contributed by atoms with E-state index in [1.54, 1.807) is 19.9 Å². The summed E-state index contributed by atoms with van der Waals surface area (Å²) < 4.78 is 26.8. The van der Waals surface area contributed by atoms with Crippen molar-refractivity contribution in [1.82, 2.24) is 4.31 Å². The molecule has 5 nitrogen and oxygen atoms in total. The number of sulfonamides is 1. The fourth-order valence-corrected chi connectivity index (χ4v) is 3.86. The van der Waals surface area contributed by atoms with Crippen LogP contribution in [0.2, 0.25) is 0 Å². The number of anilines is 1. The summed E-state index contributed by atoms with van der Waals surface area (Å²) in [5, 5.41) is 8.67. The Morgan fingerprint density at radius 2 is 2.11 bits per heavy atom. The topological polar surface area (TPSA) is 87.2 Å². The summed E-state index contributed by atoms with van der Waals surface area (Å²) >= 11 is 3.24. The molecular formula is C12H16BrN3O2S. The van der Waals surface area contributed by atoms with E-state index in [0.717, 1.165) is 0 Å². The van der Waals surface area contributed by atoms with Crippen molar-refractivity contribution in [3.8, 4) is 6.07 Å². The van der Waals surface area contributed by atoms with E-state index in [-0.39, 0.29) is 11.3 Å². The first-order valence-corrected chi connectivity index (χ1v) is 7.85. The lowest BCUT2D eigenvalue weighted by Crippen LogP contribution is -2.35. The Morgan fingerprint density at radius 1 is 1.53 bits per heavy atom. The van der Waals surface area contributed by atoms with Crippen molar-refractivity contribution in [2.75, 3.05) is 12.8 Å². The van der Waals surface area contributed by atoms with Crippen molar-refractivity contribution in [3.63, 3.8) is 0 Å². The number of hydrogen-bond donors (Lipinski definition) is 1. The first-order chi connectivity index (χ1) is 8.71. The van der Waals surface area contributed by atoms with Gasteiger partial charge in [-0.3, -0.25) is 0 Å². The second-order valence-electron chi connectivity index (χ2n) is 4.35. The van der Waals surface area contributed by atoms with E-state index in [1.165, 1.54) is 17.4 Å². The monoisotopic (exact) mass is 345 g/mol. The first-order valence-electron chi connectivity index (χ1n) is 5.62. The smallest absolute Gasteiger partial charge is 0.243 e. The summed E-state index contributed by atoms with van der Waals surface area (Å²) in [6, 6.07) is 4.76. The molecule has 0 spiro atoms. The van der Waals surface area contributed by atoms with E-state index >= 15 is 0 Å². The van der Waals surface area contributed by atoms with Crippen LogP contribution in [0.3, 0.4) is 0 Å². The minimum absolute atomic E-state index is 0.137. The zero-order chi connectivity index (χ0) is 14.8. The quantitative estimate of drug-likeness (QED) is 0.847. The van der Waals surface area contributed by atoms with Crippen molar-refractivity contribution in [3.05, 3.63) is 22.2 Å². The molecule has 1 aromatic rings. The molecule has 1 rings (SSSR count). The van der Waals surface area contributed by atoms with Gasteiger partial charge >= 0.3 is 0 Å². The molecule has 104 valence electrons. The molecule has 0 saturated carbocycles. The highest BCUT2D eigenvalue weighted by molar-refractivity contribution is 9.10. The molecule has 0 bridgehead atoms. The molecule has 7 heteroatoms. The van der Waals surface area contributed by atoms with E-state index in [9.17, 15) is 8.42 Å². The van der Waals surface area contributed by atoms with Crippen LogP contribution >= 0.6 is 15.9 Å². The lowest BCUT2D eigenvalue weighted by molar-refractivity contribution is 0.393. The minimum atomic E-state index is -3.66. The first kappa shape index (κ1) is 16.0. The molecule has 1 unspecified atom stereocenters. The molecule has 0 aliphatic rings. The predicted octanol–water partition coefficient (Wildman–Crippen LogP) is 2.26. The van der Waals surface area contributed by atoms with Gasteiger partial charge in [0.1, 0.15) is 0 Å².